The molecule has 0 spiro atoms. The minimum absolute atomic E-state index is 0.147. The van der Waals surface area contributed by atoms with E-state index in [9.17, 15) is 14.4 Å². The maximum atomic E-state index is 12.9. The van der Waals surface area contributed by atoms with Crippen molar-refractivity contribution in [3.05, 3.63) is 76.1 Å². The molecule has 0 aliphatic carbocycles. The Morgan fingerprint density at radius 2 is 1.80 bits per heavy atom. The number of nitrogens with zero attached hydrogens (tertiary/aromatic N) is 3. The average molecular weight is 400 g/mol. The summed E-state index contributed by atoms with van der Waals surface area (Å²) in [7, 11) is 0. The molecule has 1 fully saturated rings. The third kappa shape index (κ3) is 3.80. The van der Waals surface area contributed by atoms with Crippen LogP contribution < -0.4 is 10.9 Å². The van der Waals surface area contributed by atoms with Gasteiger partial charge in [-0.15, -0.1) is 0 Å². The second-order valence-corrected chi connectivity index (χ2v) is 7.24. The molecule has 2 aromatic carbocycles. The molecule has 1 N–H and O–H groups in total. The summed E-state index contributed by atoms with van der Waals surface area (Å²) in [4.78, 5) is 40.1. The molecule has 7 heteroatoms. The fourth-order valence-corrected chi connectivity index (χ4v) is 3.78. The van der Waals surface area contributed by atoms with E-state index in [0.717, 1.165) is 12.8 Å². The van der Waals surface area contributed by atoms with Gasteiger partial charge in [0.1, 0.15) is 6.54 Å². The van der Waals surface area contributed by atoms with Crippen molar-refractivity contribution in [1.82, 2.24) is 9.47 Å². The number of pyridine rings is 1. The molecule has 0 unspecified atom stereocenters. The second kappa shape index (κ2) is 8.21. The Balaban J connectivity index is 1.66. The van der Waals surface area contributed by atoms with Crippen molar-refractivity contribution < 1.29 is 9.59 Å². The van der Waals surface area contributed by atoms with Gasteiger partial charge in [-0.2, -0.15) is 5.26 Å². The molecule has 2 amide bonds. The van der Waals surface area contributed by atoms with E-state index < -0.39 is 11.5 Å². The summed E-state index contributed by atoms with van der Waals surface area (Å²) in [5.41, 5.74) is 1.42. The van der Waals surface area contributed by atoms with Crippen LogP contribution in [-0.2, 0) is 11.3 Å². The first-order chi connectivity index (χ1) is 14.6. The van der Waals surface area contributed by atoms with Gasteiger partial charge in [-0.25, -0.2) is 0 Å². The Bertz CT molecular complexity index is 1230. The number of aromatic nitrogens is 1. The summed E-state index contributed by atoms with van der Waals surface area (Å²) in [5, 5.41) is 12.4. The lowest BCUT2D eigenvalue weighted by Gasteiger charge is -2.18. The van der Waals surface area contributed by atoms with Crippen LogP contribution >= 0.6 is 0 Å². The molecule has 0 radical (unpaired) electrons. The van der Waals surface area contributed by atoms with Crippen LogP contribution in [0.3, 0.4) is 0 Å². The number of hydrogen-bond donors (Lipinski definition) is 1. The van der Waals surface area contributed by atoms with E-state index in [1.54, 1.807) is 47.4 Å². The van der Waals surface area contributed by atoms with Gasteiger partial charge in [0.25, 0.3) is 11.5 Å². The number of nitriles is 1. The summed E-state index contributed by atoms with van der Waals surface area (Å²) >= 11 is 0. The topological polar surface area (TPSA) is 95.2 Å². The molecular formula is C23H20N4O3. The molecule has 4 rings (SSSR count). The van der Waals surface area contributed by atoms with Crippen LogP contribution in [0.25, 0.3) is 10.9 Å². The van der Waals surface area contributed by atoms with Crippen molar-refractivity contribution in [2.75, 3.05) is 18.4 Å². The van der Waals surface area contributed by atoms with E-state index in [0.29, 0.717) is 40.8 Å². The molecule has 0 saturated carbocycles. The predicted octanol–water partition coefficient (Wildman–Crippen LogP) is 2.75. The minimum atomic E-state index is -0.405. The Morgan fingerprint density at radius 1 is 1.03 bits per heavy atom. The average Bonchev–Trinajstić information content (AvgIpc) is 3.30. The van der Waals surface area contributed by atoms with Gasteiger partial charge in [-0.3, -0.25) is 19.0 Å². The van der Waals surface area contributed by atoms with Crippen molar-refractivity contribution in [2.45, 2.75) is 19.4 Å². The van der Waals surface area contributed by atoms with Crippen molar-refractivity contribution in [2.24, 2.45) is 0 Å². The molecule has 2 heterocycles. The Kier molecular flexibility index (Phi) is 5.31. The fourth-order valence-electron chi connectivity index (χ4n) is 3.78. The highest BCUT2D eigenvalue weighted by Gasteiger charge is 2.23. The number of hydrogen-bond acceptors (Lipinski definition) is 4. The summed E-state index contributed by atoms with van der Waals surface area (Å²) in [6.07, 6.45) is 1.93. The number of carbonyl (C=O) groups is 2. The number of fused-ring (bicyclic) bond motifs is 1. The van der Waals surface area contributed by atoms with Crippen LogP contribution in [0, 0.1) is 11.3 Å². The first-order valence-electron chi connectivity index (χ1n) is 9.79. The second-order valence-electron chi connectivity index (χ2n) is 7.24. The zero-order valence-corrected chi connectivity index (χ0v) is 16.3. The maximum Gasteiger partial charge on any atom is 0.254 e. The van der Waals surface area contributed by atoms with E-state index in [4.69, 9.17) is 5.26 Å². The standard InChI is InChI=1S/C23H20N4O3/c24-14-16-6-5-7-17(12-16)25-21(28)15-27-20-9-2-1-8-18(20)19(13-22(27)29)23(30)26-10-3-4-11-26/h1-2,5-9,12-13H,3-4,10-11,15H2,(H,25,28). The highest BCUT2D eigenvalue weighted by atomic mass is 16.2. The van der Waals surface area contributed by atoms with Gasteiger partial charge in [0.2, 0.25) is 5.91 Å². The third-order valence-corrected chi connectivity index (χ3v) is 5.22. The number of rotatable bonds is 4. The van der Waals surface area contributed by atoms with Gasteiger partial charge in [0.15, 0.2) is 0 Å². The van der Waals surface area contributed by atoms with Gasteiger partial charge in [0, 0.05) is 30.2 Å². The molecule has 1 aromatic heterocycles. The summed E-state index contributed by atoms with van der Waals surface area (Å²) in [5.74, 6) is -0.540. The first kappa shape index (κ1) is 19.4. The van der Waals surface area contributed by atoms with Gasteiger partial charge < -0.3 is 10.2 Å². The smallest absolute Gasteiger partial charge is 0.254 e. The fraction of sp³-hybridized carbons (Fsp3) is 0.217. The number of carbonyl (C=O) groups excluding carboxylic acids is 2. The Hall–Kier alpha value is -3.92. The van der Waals surface area contributed by atoms with Crippen molar-refractivity contribution in [1.29, 1.82) is 5.26 Å². The van der Waals surface area contributed by atoms with Crippen LogP contribution in [-0.4, -0.2) is 34.4 Å². The number of benzene rings is 2. The molecule has 7 nitrogen and oxygen atoms in total. The summed E-state index contributed by atoms with van der Waals surface area (Å²) < 4.78 is 1.36. The molecule has 30 heavy (non-hydrogen) atoms. The number of nitrogens with one attached hydrogen (secondary N) is 1. The van der Waals surface area contributed by atoms with Crippen LogP contribution in [0.1, 0.15) is 28.8 Å². The van der Waals surface area contributed by atoms with E-state index in [-0.39, 0.29) is 12.5 Å². The SMILES string of the molecule is N#Cc1cccc(NC(=O)Cn2c(=O)cc(C(=O)N3CCCC3)c3ccccc32)c1. The lowest BCUT2D eigenvalue weighted by Crippen LogP contribution is -2.32. The summed E-state index contributed by atoms with van der Waals surface area (Å²) in [6, 6.07) is 17.0. The highest BCUT2D eigenvalue weighted by molar-refractivity contribution is 6.06. The molecule has 1 saturated heterocycles. The maximum absolute atomic E-state index is 12.9. The highest BCUT2D eigenvalue weighted by Crippen LogP contribution is 2.21. The van der Waals surface area contributed by atoms with Gasteiger partial charge in [0.05, 0.1) is 22.7 Å². The van der Waals surface area contributed by atoms with Crippen LogP contribution in [0.4, 0.5) is 5.69 Å². The summed E-state index contributed by atoms with van der Waals surface area (Å²) in [6.45, 7) is 1.19. The van der Waals surface area contributed by atoms with Gasteiger partial charge in [-0.1, -0.05) is 24.3 Å². The van der Waals surface area contributed by atoms with Crippen LogP contribution in [0.15, 0.2) is 59.4 Å². The van der Waals surface area contributed by atoms with E-state index >= 15 is 0 Å². The number of anilines is 1. The molecule has 3 aromatic rings. The van der Waals surface area contributed by atoms with E-state index in [2.05, 4.69) is 5.32 Å². The predicted molar refractivity (Wildman–Crippen MR) is 113 cm³/mol. The number of para-hydroxylation sites is 1. The molecule has 1 aliphatic rings. The molecule has 150 valence electrons. The molecule has 0 bridgehead atoms. The number of likely N-dealkylation sites (tertiary alicyclic amines) is 1. The van der Waals surface area contributed by atoms with Crippen LogP contribution in [0.5, 0.6) is 0 Å². The minimum Gasteiger partial charge on any atom is -0.339 e. The number of amides is 2. The normalized spacial score (nSPS) is 13.2. The quantitative estimate of drug-likeness (QED) is 0.728. The monoisotopic (exact) mass is 400 g/mol. The molecule has 0 atom stereocenters. The van der Waals surface area contributed by atoms with Crippen molar-refractivity contribution in [3.63, 3.8) is 0 Å². The zero-order chi connectivity index (χ0) is 21.1. The largest absolute Gasteiger partial charge is 0.339 e. The van der Waals surface area contributed by atoms with E-state index in [1.165, 1.54) is 10.6 Å². The van der Waals surface area contributed by atoms with E-state index in [1.807, 2.05) is 12.1 Å². The lowest BCUT2D eigenvalue weighted by molar-refractivity contribution is -0.116. The third-order valence-electron chi connectivity index (χ3n) is 5.22. The van der Waals surface area contributed by atoms with Gasteiger partial charge >= 0.3 is 0 Å². The van der Waals surface area contributed by atoms with Crippen molar-refractivity contribution >= 4 is 28.4 Å². The van der Waals surface area contributed by atoms with Gasteiger partial charge in [-0.05, 0) is 37.1 Å². The van der Waals surface area contributed by atoms with Crippen molar-refractivity contribution in [3.8, 4) is 6.07 Å². The Labute approximate surface area is 173 Å². The molecular weight excluding hydrogens is 380 g/mol. The Morgan fingerprint density at radius 3 is 2.57 bits per heavy atom. The zero-order valence-electron chi connectivity index (χ0n) is 16.3. The van der Waals surface area contributed by atoms with Crippen LogP contribution in [0.2, 0.25) is 0 Å². The first-order valence-corrected chi connectivity index (χ1v) is 9.79. The molecule has 1 aliphatic heterocycles. The lowest BCUT2D eigenvalue weighted by atomic mass is 10.1.